The molecule has 0 saturated heterocycles. The molecule has 1 aliphatic carbocycles. The van der Waals surface area contributed by atoms with Crippen molar-refractivity contribution in [2.75, 3.05) is 6.54 Å². The molecule has 0 atom stereocenters. The fourth-order valence-corrected chi connectivity index (χ4v) is 5.07. The zero-order valence-corrected chi connectivity index (χ0v) is 17.3. The molecule has 3 rings (SSSR count). The minimum Gasteiger partial charge on any atom is -0.272 e. The van der Waals surface area contributed by atoms with Crippen molar-refractivity contribution in [1.82, 2.24) is 14.7 Å². The molecule has 1 saturated carbocycles. The summed E-state index contributed by atoms with van der Waals surface area (Å²) in [7, 11) is -3.78. The number of carbonyl (C=O) groups excluding carboxylic acids is 1. The highest BCUT2D eigenvalue weighted by Crippen LogP contribution is 2.27. The number of aromatic nitrogens is 1. The fraction of sp³-hybridized carbons (Fsp3) is 0.381. The highest BCUT2D eigenvalue weighted by Gasteiger charge is 2.33. The van der Waals surface area contributed by atoms with Crippen LogP contribution in [0.4, 0.5) is 0 Å². The first-order valence-corrected chi connectivity index (χ1v) is 11.2. The van der Waals surface area contributed by atoms with E-state index in [2.05, 4.69) is 15.5 Å². The van der Waals surface area contributed by atoms with E-state index in [0.717, 1.165) is 43.2 Å². The van der Waals surface area contributed by atoms with Crippen molar-refractivity contribution in [2.24, 2.45) is 5.10 Å². The molecule has 8 heteroatoms. The number of carbonyl (C=O) groups is 1. The maximum atomic E-state index is 13.3. The van der Waals surface area contributed by atoms with Crippen molar-refractivity contribution in [1.29, 1.82) is 0 Å². The number of benzene rings is 1. The van der Waals surface area contributed by atoms with Gasteiger partial charge in [-0.1, -0.05) is 37.0 Å². The van der Waals surface area contributed by atoms with E-state index in [0.29, 0.717) is 0 Å². The second-order valence-corrected chi connectivity index (χ2v) is 9.12. The first kappa shape index (κ1) is 21.1. The number of nitrogens with zero attached hydrogens (tertiary/aromatic N) is 3. The molecule has 1 aliphatic rings. The first-order chi connectivity index (χ1) is 14.0. The number of rotatable bonds is 7. The van der Waals surface area contributed by atoms with Crippen LogP contribution in [0.3, 0.4) is 0 Å². The van der Waals surface area contributed by atoms with Gasteiger partial charge in [0.05, 0.1) is 17.7 Å². The molecule has 29 heavy (non-hydrogen) atoms. The van der Waals surface area contributed by atoms with Gasteiger partial charge in [0.1, 0.15) is 0 Å². The van der Waals surface area contributed by atoms with Gasteiger partial charge in [-0.3, -0.25) is 9.78 Å². The fourth-order valence-electron chi connectivity index (χ4n) is 3.43. The van der Waals surface area contributed by atoms with Gasteiger partial charge in [-0.2, -0.15) is 9.41 Å². The van der Waals surface area contributed by atoms with Crippen molar-refractivity contribution in [3.8, 4) is 0 Å². The third kappa shape index (κ3) is 5.71. The number of aryl methyl sites for hydroxylation is 1. The van der Waals surface area contributed by atoms with Gasteiger partial charge in [0, 0.05) is 18.4 Å². The Labute approximate surface area is 171 Å². The van der Waals surface area contributed by atoms with Gasteiger partial charge in [0.2, 0.25) is 10.0 Å². The third-order valence-electron chi connectivity index (χ3n) is 5.02. The van der Waals surface area contributed by atoms with E-state index in [9.17, 15) is 13.2 Å². The first-order valence-electron chi connectivity index (χ1n) is 9.77. The van der Waals surface area contributed by atoms with Crippen LogP contribution in [0.1, 0.15) is 43.2 Å². The van der Waals surface area contributed by atoms with Gasteiger partial charge in [-0.05, 0) is 49.6 Å². The number of pyridine rings is 1. The SMILES string of the molecule is Cc1ccc(S(=O)(=O)N(CC(=O)N/N=C/c2ccncc2)C2CCCCC2)cc1. The maximum absolute atomic E-state index is 13.3. The summed E-state index contributed by atoms with van der Waals surface area (Å²) < 4.78 is 27.9. The van der Waals surface area contributed by atoms with Crippen molar-refractivity contribution < 1.29 is 13.2 Å². The Balaban J connectivity index is 1.75. The van der Waals surface area contributed by atoms with Crippen molar-refractivity contribution in [3.05, 3.63) is 59.9 Å². The molecule has 1 amide bonds. The molecule has 1 N–H and O–H groups in total. The van der Waals surface area contributed by atoms with Crippen LogP contribution in [0.5, 0.6) is 0 Å². The monoisotopic (exact) mass is 414 g/mol. The third-order valence-corrected chi connectivity index (χ3v) is 6.93. The summed E-state index contributed by atoms with van der Waals surface area (Å²) in [4.78, 5) is 16.6. The number of sulfonamides is 1. The van der Waals surface area contributed by atoms with Crippen LogP contribution in [0.2, 0.25) is 0 Å². The standard InChI is InChI=1S/C21H26N4O3S/c1-17-7-9-20(10-8-17)29(27,28)25(19-5-3-2-4-6-19)16-21(26)24-23-15-18-11-13-22-14-12-18/h7-15,19H,2-6,16H2,1H3,(H,24,26)/b23-15+. The molecule has 0 spiro atoms. The van der Waals surface area contributed by atoms with Crippen LogP contribution in [-0.4, -0.2) is 42.4 Å². The van der Waals surface area contributed by atoms with Crippen LogP contribution in [-0.2, 0) is 14.8 Å². The zero-order valence-electron chi connectivity index (χ0n) is 16.5. The van der Waals surface area contributed by atoms with Gasteiger partial charge in [-0.15, -0.1) is 0 Å². The minimum absolute atomic E-state index is 0.176. The molecule has 1 aromatic carbocycles. The quantitative estimate of drug-likeness (QED) is 0.557. The smallest absolute Gasteiger partial charge is 0.255 e. The highest BCUT2D eigenvalue weighted by molar-refractivity contribution is 7.89. The molecule has 7 nitrogen and oxygen atoms in total. The largest absolute Gasteiger partial charge is 0.272 e. The molecule has 0 bridgehead atoms. The van der Waals surface area contributed by atoms with Crippen LogP contribution >= 0.6 is 0 Å². The van der Waals surface area contributed by atoms with Gasteiger partial charge >= 0.3 is 0 Å². The number of hydrazone groups is 1. The Morgan fingerprint density at radius 3 is 2.45 bits per heavy atom. The second kappa shape index (κ2) is 9.76. The number of amides is 1. The lowest BCUT2D eigenvalue weighted by atomic mass is 9.95. The van der Waals surface area contributed by atoms with Crippen LogP contribution in [0.15, 0.2) is 58.8 Å². The average molecular weight is 415 g/mol. The summed E-state index contributed by atoms with van der Waals surface area (Å²) in [6.45, 7) is 1.65. The van der Waals surface area contributed by atoms with Crippen LogP contribution < -0.4 is 5.43 Å². The van der Waals surface area contributed by atoms with E-state index in [1.165, 1.54) is 10.5 Å². The Hall–Kier alpha value is -2.58. The van der Waals surface area contributed by atoms with Gasteiger partial charge in [-0.25, -0.2) is 13.8 Å². The van der Waals surface area contributed by atoms with E-state index in [1.807, 2.05) is 6.92 Å². The van der Waals surface area contributed by atoms with Gasteiger partial charge in [0.25, 0.3) is 5.91 Å². The molecular formula is C21H26N4O3S. The molecule has 0 unspecified atom stereocenters. The molecule has 0 aliphatic heterocycles. The van der Waals surface area contributed by atoms with Gasteiger partial charge in [0.15, 0.2) is 0 Å². The predicted molar refractivity (Wildman–Crippen MR) is 112 cm³/mol. The van der Waals surface area contributed by atoms with Crippen molar-refractivity contribution >= 4 is 22.1 Å². The summed E-state index contributed by atoms with van der Waals surface area (Å²) in [5.41, 5.74) is 4.21. The number of hydrogen-bond acceptors (Lipinski definition) is 5. The summed E-state index contributed by atoms with van der Waals surface area (Å²) in [6.07, 6.45) is 9.30. The number of nitrogens with one attached hydrogen (secondary N) is 1. The summed E-state index contributed by atoms with van der Waals surface area (Å²) in [5, 5.41) is 3.93. The zero-order chi connectivity index (χ0) is 20.7. The van der Waals surface area contributed by atoms with E-state index >= 15 is 0 Å². The lowest BCUT2D eigenvalue weighted by molar-refractivity contribution is -0.121. The molecule has 1 fully saturated rings. The van der Waals surface area contributed by atoms with E-state index in [-0.39, 0.29) is 17.5 Å². The second-order valence-electron chi connectivity index (χ2n) is 7.23. The summed E-state index contributed by atoms with van der Waals surface area (Å²) in [5.74, 6) is -0.462. The Morgan fingerprint density at radius 2 is 1.79 bits per heavy atom. The van der Waals surface area contributed by atoms with E-state index in [1.54, 1.807) is 48.8 Å². The number of hydrogen-bond donors (Lipinski definition) is 1. The highest BCUT2D eigenvalue weighted by atomic mass is 32.2. The van der Waals surface area contributed by atoms with Gasteiger partial charge < -0.3 is 0 Å². The van der Waals surface area contributed by atoms with Crippen LogP contribution in [0.25, 0.3) is 0 Å². The maximum Gasteiger partial charge on any atom is 0.255 e. The summed E-state index contributed by atoms with van der Waals surface area (Å²) in [6, 6.07) is 10.1. The van der Waals surface area contributed by atoms with E-state index < -0.39 is 15.9 Å². The molecule has 1 heterocycles. The molecular weight excluding hydrogens is 388 g/mol. The van der Waals surface area contributed by atoms with Crippen LogP contribution in [0, 0.1) is 6.92 Å². The lowest BCUT2D eigenvalue weighted by Gasteiger charge is -2.32. The molecule has 1 aromatic heterocycles. The van der Waals surface area contributed by atoms with Crippen molar-refractivity contribution in [2.45, 2.75) is 50.0 Å². The molecule has 2 aromatic rings. The average Bonchev–Trinajstić information content (AvgIpc) is 2.73. The van der Waals surface area contributed by atoms with Crippen molar-refractivity contribution in [3.63, 3.8) is 0 Å². The minimum atomic E-state index is -3.78. The lowest BCUT2D eigenvalue weighted by Crippen LogP contribution is -2.46. The van der Waals surface area contributed by atoms with E-state index in [4.69, 9.17) is 0 Å². The Bertz CT molecular complexity index is 938. The molecule has 0 radical (unpaired) electrons. The normalized spacial score (nSPS) is 15.7. The Kier molecular flexibility index (Phi) is 7.11. The predicted octanol–water partition coefficient (Wildman–Crippen LogP) is 2.86. The Morgan fingerprint density at radius 1 is 1.14 bits per heavy atom. The topological polar surface area (TPSA) is 91.7 Å². The summed E-state index contributed by atoms with van der Waals surface area (Å²) >= 11 is 0. The molecule has 154 valence electrons.